The van der Waals surface area contributed by atoms with Gasteiger partial charge >= 0.3 is 0 Å². The summed E-state index contributed by atoms with van der Waals surface area (Å²) < 4.78 is 13.2. The van der Waals surface area contributed by atoms with Crippen molar-refractivity contribution in [1.82, 2.24) is 0 Å². The van der Waals surface area contributed by atoms with Crippen LogP contribution in [0.4, 0.5) is 0 Å². The Labute approximate surface area is 299 Å². The Kier molecular flexibility index (Phi) is 6.28. The fraction of sp³-hybridized carbons (Fsp3) is 0. The van der Waals surface area contributed by atoms with Crippen LogP contribution >= 0.6 is 0 Å². The second kappa shape index (κ2) is 11.3. The summed E-state index contributed by atoms with van der Waals surface area (Å²) in [5.41, 5.74) is 12.8. The second-order valence-electron chi connectivity index (χ2n) is 13.6. The van der Waals surface area contributed by atoms with Gasteiger partial charge in [0.2, 0.25) is 0 Å². The Balaban J connectivity index is 1.23. The maximum Gasteiger partial charge on any atom is 0.143 e. The van der Waals surface area contributed by atoms with Crippen LogP contribution in [0.3, 0.4) is 0 Å². The van der Waals surface area contributed by atoms with Gasteiger partial charge in [-0.3, -0.25) is 0 Å². The highest BCUT2D eigenvalue weighted by molar-refractivity contribution is 6.26. The van der Waals surface area contributed by atoms with E-state index in [2.05, 4.69) is 164 Å². The number of hydrogen-bond donors (Lipinski definition) is 0. The van der Waals surface area contributed by atoms with Crippen LogP contribution in [-0.2, 0) is 0 Å². The normalized spacial score (nSPS) is 11.8. The minimum atomic E-state index is 0.857. The van der Waals surface area contributed by atoms with Gasteiger partial charge in [-0.25, -0.2) is 0 Å². The van der Waals surface area contributed by atoms with Crippen LogP contribution in [0.25, 0.3) is 110 Å². The lowest BCUT2D eigenvalue weighted by Crippen LogP contribution is -1.92. The van der Waals surface area contributed by atoms with Crippen LogP contribution in [0.1, 0.15) is 0 Å². The highest BCUT2D eigenvalue weighted by atomic mass is 16.3. The van der Waals surface area contributed by atoms with Crippen molar-refractivity contribution >= 4 is 65.4 Å². The summed E-state index contributed by atoms with van der Waals surface area (Å²) in [6, 6.07) is 65.0. The zero-order valence-corrected chi connectivity index (χ0v) is 28.1. The molecule has 0 aliphatic rings. The second-order valence-corrected chi connectivity index (χ2v) is 13.6. The summed E-state index contributed by atoms with van der Waals surface area (Å²) in [7, 11) is 0. The van der Waals surface area contributed by atoms with Gasteiger partial charge in [0.15, 0.2) is 0 Å². The first-order chi connectivity index (χ1) is 25.8. The fourth-order valence-corrected chi connectivity index (χ4v) is 8.37. The van der Waals surface area contributed by atoms with E-state index >= 15 is 0 Å². The first-order valence-corrected chi connectivity index (χ1v) is 17.8. The van der Waals surface area contributed by atoms with Gasteiger partial charge in [-0.2, -0.15) is 0 Å². The molecule has 52 heavy (non-hydrogen) atoms. The number of benzene rings is 9. The summed E-state index contributed by atoms with van der Waals surface area (Å²) in [6.45, 7) is 0. The van der Waals surface area contributed by atoms with E-state index in [1.807, 2.05) is 18.2 Å². The predicted molar refractivity (Wildman–Crippen MR) is 218 cm³/mol. The zero-order chi connectivity index (χ0) is 34.2. The monoisotopic (exact) mass is 662 g/mol. The zero-order valence-electron chi connectivity index (χ0n) is 28.1. The molecule has 11 aromatic rings. The van der Waals surface area contributed by atoms with Gasteiger partial charge < -0.3 is 8.83 Å². The predicted octanol–water partition coefficient (Wildman–Crippen LogP) is 14.5. The molecule has 0 aliphatic carbocycles. The minimum absolute atomic E-state index is 0.857. The first-order valence-electron chi connectivity index (χ1n) is 17.8. The largest absolute Gasteiger partial charge is 0.456 e. The third-order valence-corrected chi connectivity index (χ3v) is 10.7. The molecule has 0 aliphatic heterocycles. The van der Waals surface area contributed by atoms with Crippen LogP contribution in [0.5, 0.6) is 0 Å². The van der Waals surface area contributed by atoms with Crippen molar-refractivity contribution in [1.29, 1.82) is 0 Å². The lowest BCUT2D eigenvalue weighted by Gasteiger charge is -2.19. The molecule has 0 unspecified atom stereocenters. The Morgan fingerprint density at radius 1 is 0.269 bits per heavy atom. The standard InChI is InChI=1S/C50H30O2/c1-2-13-31(14-3-1)32-25-27-33(28-26-32)47-37-16-4-6-18-39(37)48(40-19-7-5-17-38(40)47)43-29-34(30-46-49(43)42-20-9-11-24-45(42)51-46)35-21-12-22-41-36-15-8-10-23-44(36)52-50(35)41/h1-30H. The molecule has 2 heterocycles. The summed E-state index contributed by atoms with van der Waals surface area (Å²) >= 11 is 0. The van der Waals surface area contributed by atoms with Crippen LogP contribution in [0.2, 0.25) is 0 Å². The Hall–Kier alpha value is -6.90. The van der Waals surface area contributed by atoms with Crippen molar-refractivity contribution in [3.05, 3.63) is 182 Å². The minimum Gasteiger partial charge on any atom is -0.456 e. The molecule has 0 bridgehead atoms. The molecule has 11 rings (SSSR count). The van der Waals surface area contributed by atoms with Gasteiger partial charge in [0.05, 0.1) is 0 Å². The highest BCUT2D eigenvalue weighted by Crippen LogP contribution is 2.49. The van der Waals surface area contributed by atoms with Gasteiger partial charge in [-0.15, -0.1) is 0 Å². The molecule has 0 atom stereocenters. The third-order valence-electron chi connectivity index (χ3n) is 10.7. The Bertz CT molecular complexity index is 3100. The van der Waals surface area contributed by atoms with Crippen molar-refractivity contribution in [3.63, 3.8) is 0 Å². The summed E-state index contributed by atoms with van der Waals surface area (Å²) in [5, 5.41) is 9.29. The van der Waals surface area contributed by atoms with E-state index in [0.717, 1.165) is 60.6 Å². The van der Waals surface area contributed by atoms with Crippen LogP contribution in [-0.4, -0.2) is 0 Å². The fourth-order valence-electron chi connectivity index (χ4n) is 8.37. The lowest BCUT2D eigenvalue weighted by atomic mass is 9.84. The van der Waals surface area contributed by atoms with Crippen molar-refractivity contribution in [2.75, 3.05) is 0 Å². The molecule has 0 fully saturated rings. The molecule has 0 spiro atoms. The molecule has 9 aromatic carbocycles. The molecule has 0 saturated carbocycles. The van der Waals surface area contributed by atoms with E-state index < -0.39 is 0 Å². The molecule has 2 nitrogen and oxygen atoms in total. The molecule has 0 N–H and O–H groups in total. The van der Waals surface area contributed by atoms with E-state index in [4.69, 9.17) is 8.83 Å². The average Bonchev–Trinajstić information content (AvgIpc) is 3.79. The third kappa shape index (κ3) is 4.31. The van der Waals surface area contributed by atoms with E-state index in [1.165, 1.54) is 49.4 Å². The number of furan rings is 2. The maximum atomic E-state index is 6.68. The first kappa shape index (κ1) is 28.9. The smallest absolute Gasteiger partial charge is 0.143 e. The summed E-state index contributed by atoms with van der Waals surface area (Å²) in [4.78, 5) is 0. The molecule has 0 saturated heterocycles. The van der Waals surface area contributed by atoms with Crippen molar-refractivity contribution in [2.24, 2.45) is 0 Å². The molecule has 2 aromatic heterocycles. The van der Waals surface area contributed by atoms with Gasteiger partial charge in [0, 0.05) is 27.1 Å². The number of hydrogen-bond acceptors (Lipinski definition) is 2. The molecular formula is C50H30O2. The lowest BCUT2D eigenvalue weighted by molar-refractivity contribution is 0.668. The SMILES string of the molecule is c1ccc(-c2ccc(-c3c4ccccc4c(-c4cc(-c5cccc6c5oc5ccccc56)cc5oc6ccccc6c45)c4ccccc34)cc2)cc1. The maximum absolute atomic E-state index is 6.68. The number of rotatable bonds is 4. The van der Waals surface area contributed by atoms with Gasteiger partial charge in [-0.05, 0) is 84.8 Å². The quantitative estimate of drug-likeness (QED) is 0.175. The van der Waals surface area contributed by atoms with Crippen molar-refractivity contribution in [3.8, 4) is 44.5 Å². The van der Waals surface area contributed by atoms with Crippen LogP contribution < -0.4 is 0 Å². The molecule has 242 valence electrons. The number of para-hydroxylation sites is 3. The van der Waals surface area contributed by atoms with Gasteiger partial charge in [0.1, 0.15) is 22.3 Å². The molecule has 0 amide bonds. The van der Waals surface area contributed by atoms with Crippen LogP contribution in [0, 0.1) is 0 Å². The van der Waals surface area contributed by atoms with Crippen molar-refractivity contribution < 1.29 is 8.83 Å². The van der Waals surface area contributed by atoms with E-state index in [0.29, 0.717) is 0 Å². The Morgan fingerprint density at radius 2 is 0.788 bits per heavy atom. The van der Waals surface area contributed by atoms with E-state index in [-0.39, 0.29) is 0 Å². The van der Waals surface area contributed by atoms with E-state index in [1.54, 1.807) is 0 Å². The highest BCUT2D eigenvalue weighted by Gasteiger charge is 2.22. The van der Waals surface area contributed by atoms with E-state index in [9.17, 15) is 0 Å². The van der Waals surface area contributed by atoms with Crippen LogP contribution in [0.15, 0.2) is 191 Å². The molecule has 0 radical (unpaired) electrons. The van der Waals surface area contributed by atoms with Crippen molar-refractivity contribution in [2.45, 2.75) is 0 Å². The Morgan fingerprint density at radius 3 is 1.48 bits per heavy atom. The van der Waals surface area contributed by atoms with Gasteiger partial charge in [-0.1, -0.05) is 158 Å². The number of fused-ring (bicyclic) bond motifs is 8. The summed E-state index contributed by atoms with van der Waals surface area (Å²) in [6.07, 6.45) is 0. The van der Waals surface area contributed by atoms with Gasteiger partial charge in [0.25, 0.3) is 0 Å². The average molecular weight is 663 g/mol. The molecule has 2 heteroatoms. The summed E-state index contributed by atoms with van der Waals surface area (Å²) in [5.74, 6) is 0. The topological polar surface area (TPSA) is 26.3 Å². The molecular weight excluding hydrogens is 633 g/mol.